The predicted molar refractivity (Wildman–Crippen MR) is 151 cm³/mol. The van der Waals surface area contributed by atoms with Gasteiger partial charge in [0.15, 0.2) is 5.76 Å². The molecule has 0 saturated carbocycles. The Hall–Kier alpha value is -5.71. The first-order valence-corrected chi connectivity index (χ1v) is 12.5. The molecule has 2 aromatic carbocycles. The van der Waals surface area contributed by atoms with Crippen molar-refractivity contribution in [3.8, 4) is 23.1 Å². The van der Waals surface area contributed by atoms with Crippen LogP contribution in [-0.2, 0) is 6.61 Å². The number of carbonyl (C=O) groups excluding carboxylic acids is 1. The number of benzene rings is 2. The zero-order valence-electron chi connectivity index (χ0n) is 22.2. The number of pyridine rings is 1. The molecule has 0 bridgehead atoms. The summed E-state index contributed by atoms with van der Waals surface area (Å²) in [6, 6.07) is 24.7. The lowest BCUT2D eigenvalue weighted by Crippen LogP contribution is -2.16. The number of ether oxygens (including phenoxy) is 2. The minimum Gasteiger partial charge on any atom is -0.486 e. The first kappa shape index (κ1) is 26.9. The number of carbonyl (C=O) groups is 1. The van der Waals surface area contributed by atoms with E-state index < -0.39 is 10.8 Å². The first-order valence-electron chi connectivity index (χ1n) is 12.5. The fraction of sp³-hybridized carbons (Fsp3) is 0.100. The summed E-state index contributed by atoms with van der Waals surface area (Å²) >= 11 is 0. The van der Waals surface area contributed by atoms with Gasteiger partial charge in [-0.3, -0.25) is 14.9 Å². The van der Waals surface area contributed by atoms with Crippen LogP contribution in [0.15, 0.2) is 101 Å². The molecule has 0 aliphatic rings. The molecule has 0 atom stereocenters. The maximum atomic E-state index is 12.4. The number of nitrogens with one attached hydrogen (secondary N) is 1. The average Bonchev–Trinajstić information content (AvgIpc) is 3.59. The smallest absolute Gasteiger partial charge is 0.307 e. The normalized spacial score (nSPS) is 11.0. The Morgan fingerprint density at radius 3 is 2.34 bits per heavy atom. The number of nitrogens with zero attached hydrogens (tertiary/aromatic N) is 4. The highest BCUT2D eigenvalue weighted by Crippen LogP contribution is 2.22. The third-order valence-corrected chi connectivity index (χ3v) is 6.05. The minimum absolute atomic E-state index is 0.106. The maximum absolute atomic E-state index is 12.4. The molecular weight excluding hydrogens is 526 g/mol. The van der Waals surface area contributed by atoms with E-state index in [2.05, 4.69) is 46.1 Å². The van der Waals surface area contributed by atoms with Crippen molar-refractivity contribution in [2.45, 2.75) is 20.5 Å². The highest BCUT2D eigenvalue weighted by Gasteiger charge is 2.11. The number of rotatable bonds is 10. The third kappa shape index (κ3) is 6.66. The van der Waals surface area contributed by atoms with E-state index in [0.717, 1.165) is 23.3 Å². The van der Waals surface area contributed by atoms with Crippen LogP contribution in [0.5, 0.6) is 17.4 Å². The number of furan rings is 1. The van der Waals surface area contributed by atoms with Gasteiger partial charge in [-0.1, -0.05) is 0 Å². The van der Waals surface area contributed by atoms with Crippen molar-refractivity contribution < 1.29 is 23.6 Å². The molecule has 11 nitrogen and oxygen atoms in total. The number of hydrogen-bond donors (Lipinski definition) is 1. The van der Waals surface area contributed by atoms with Crippen LogP contribution in [0.1, 0.15) is 33.3 Å². The molecule has 5 rings (SSSR count). The van der Waals surface area contributed by atoms with Gasteiger partial charge < -0.3 is 18.5 Å². The summed E-state index contributed by atoms with van der Waals surface area (Å²) in [7, 11) is 0. The zero-order valence-corrected chi connectivity index (χ0v) is 22.2. The van der Waals surface area contributed by atoms with Crippen LogP contribution in [-0.4, -0.2) is 26.6 Å². The van der Waals surface area contributed by atoms with Gasteiger partial charge >= 0.3 is 5.91 Å². The van der Waals surface area contributed by atoms with Crippen molar-refractivity contribution in [1.82, 2.24) is 15.0 Å². The molecule has 0 unspecified atom stereocenters. The molecule has 11 heteroatoms. The quantitative estimate of drug-likeness (QED) is 0.125. The van der Waals surface area contributed by atoms with Gasteiger partial charge in [0.25, 0.3) is 5.69 Å². The van der Waals surface area contributed by atoms with Crippen LogP contribution in [0.2, 0.25) is 0 Å². The Bertz CT molecular complexity index is 1670. The van der Waals surface area contributed by atoms with Crippen LogP contribution in [0, 0.1) is 24.0 Å². The van der Waals surface area contributed by atoms with Crippen LogP contribution >= 0.6 is 0 Å². The summed E-state index contributed by atoms with van der Waals surface area (Å²) in [5.41, 5.74) is 6.38. The minimum atomic E-state index is -0.531. The zero-order chi connectivity index (χ0) is 28.8. The van der Waals surface area contributed by atoms with Crippen molar-refractivity contribution >= 4 is 17.8 Å². The van der Waals surface area contributed by atoms with E-state index in [0.29, 0.717) is 22.8 Å². The fourth-order valence-corrected chi connectivity index (χ4v) is 4.00. The Morgan fingerprint density at radius 1 is 0.976 bits per heavy atom. The number of aromatic nitrogens is 2. The van der Waals surface area contributed by atoms with E-state index >= 15 is 0 Å². The van der Waals surface area contributed by atoms with Crippen molar-refractivity contribution in [2.24, 2.45) is 5.10 Å². The monoisotopic (exact) mass is 551 g/mol. The second-order valence-electron chi connectivity index (χ2n) is 8.98. The maximum Gasteiger partial charge on any atom is 0.307 e. The second kappa shape index (κ2) is 12.0. The summed E-state index contributed by atoms with van der Waals surface area (Å²) < 4.78 is 19.2. The molecule has 206 valence electrons. The molecule has 0 aliphatic carbocycles. The number of hydrazone groups is 1. The van der Waals surface area contributed by atoms with E-state index in [4.69, 9.17) is 13.9 Å². The summed E-state index contributed by atoms with van der Waals surface area (Å²) in [6.45, 7) is 4.29. The van der Waals surface area contributed by atoms with Crippen LogP contribution in [0.3, 0.4) is 0 Å². The Labute approximate surface area is 234 Å². The number of hydrogen-bond acceptors (Lipinski definition) is 8. The average molecular weight is 552 g/mol. The molecule has 0 radical (unpaired) electrons. The topological polar surface area (TPSA) is 134 Å². The molecule has 41 heavy (non-hydrogen) atoms. The molecule has 0 fully saturated rings. The van der Waals surface area contributed by atoms with Gasteiger partial charge in [-0.2, -0.15) is 5.10 Å². The summed E-state index contributed by atoms with van der Waals surface area (Å²) in [4.78, 5) is 26.5. The standard InChI is InChI=1S/C30H25N5O6/c1-20-3-4-21(2)34(20)23-7-12-25(13-8-23)39-19-27-14-15-28(40-27)30(36)33-32-17-22-5-10-26(11-6-22)41-29-16-9-24(18-31-29)35(37)38/h3-18H,19H2,1-2H3,(H,33,36)/b32-17+. The second-order valence-corrected chi connectivity index (χ2v) is 8.98. The SMILES string of the molecule is Cc1ccc(C)n1-c1ccc(OCc2ccc(C(=O)N/N=C/c3ccc(Oc4ccc([N+](=O)[O-])cn4)cc3)o2)cc1. The highest BCUT2D eigenvalue weighted by atomic mass is 16.6. The molecule has 0 aliphatic heterocycles. The summed E-state index contributed by atoms with van der Waals surface area (Å²) in [5.74, 6) is 1.50. The summed E-state index contributed by atoms with van der Waals surface area (Å²) in [5, 5.41) is 14.7. The van der Waals surface area contributed by atoms with Crippen molar-refractivity contribution in [3.63, 3.8) is 0 Å². The molecule has 3 heterocycles. The van der Waals surface area contributed by atoms with E-state index in [1.165, 1.54) is 18.3 Å². The van der Waals surface area contributed by atoms with Gasteiger partial charge in [-0.15, -0.1) is 0 Å². The molecule has 1 N–H and O–H groups in total. The first-order chi connectivity index (χ1) is 19.9. The number of aryl methyl sites for hydroxylation is 2. The Morgan fingerprint density at radius 2 is 1.68 bits per heavy atom. The van der Waals surface area contributed by atoms with Crippen molar-refractivity contribution in [1.29, 1.82) is 0 Å². The molecule has 5 aromatic rings. The van der Waals surface area contributed by atoms with Crippen molar-refractivity contribution in [3.05, 3.63) is 130 Å². The molecule has 0 saturated heterocycles. The fourth-order valence-electron chi connectivity index (χ4n) is 4.00. The molecule has 1 amide bonds. The number of amides is 1. The molecule has 3 aromatic heterocycles. The molecular formula is C30H25N5O6. The van der Waals surface area contributed by atoms with Gasteiger partial charge in [-0.05, 0) is 92.2 Å². The van der Waals surface area contributed by atoms with E-state index in [9.17, 15) is 14.9 Å². The molecule has 0 spiro atoms. The highest BCUT2D eigenvalue weighted by molar-refractivity contribution is 5.92. The van der Waals surface area contributed by atoms with E-state index in [1.807, 2.05) is 24.3 Å². The lowest BCUT2D eigenvalue weighted by atomic mass is 10.2. The van der Waals surface area contributed by atoms with Crippen LogP contribution < -0.4 is 14.9 Å². The lowest BCUT2D eigenvalue weighted by Gasteiger charge is -2.10. The summed E-state index contributed by atoms with van der Waals surface area (Å²) in [6.07, 6.45) is 2.60. The van der Waals surface area contributed by atoms with E-state index in [1.54, 1.807) is 36.4 Å². The Kier molecular flexibility index (Phi) is 7.86. The van der Waals surface area contributed by atoms with Crippen molar-refractivity contribution in [2.75, 3.05) is 0 Å². The van der Waals surface area contributed by atoms with Gasteiger partial charge in [0, 0.05) is 29.2 Å². The van der Waals surface area contributed by atoms with Crippen LogP contribution in [0.4, 0.5) is 5.69 Å². The lowest BCUT2D eigenvalue weighted by molar-refractivity contribution is -0.385. The van der Waals surface area contributed by atoms with Gasteiger partial charge in [-0.25, -0.2) is 10.4 Å². The van der Waals surface area contributed by atoms with Gasteiger partial charge in [0.05, 0.1) is 11.1 Å². The van der Waals surface area contributed by atoms with Gasteiger partial charge in [0.2, 0.25) is 5.88 Å². The predicted octanol–water partition coefficient (Wildman–Crippen LogP) is 6.13. The van der Waals surface area contributed by atoms with E-state index in [-0.39, 0.29) is 23.9 Å². The van der Waals surface area contributed by atoms with Crippen LogP contribution in [0.25, 0.3) is 5.69 Å². The van der Waals surface area contributed by atoms with Gasteiger partial charge in [0.1, 0.15) is 30.1 Å². The largest absolute Gasteiger partial charge is 0.486 e. The third-order valence-electron chi connectivity index (χ3n) is 6.05. The number of nitro groups is 1. The Balaban J connectivity index is 1.09.